The van der Waals surface area contributed by atoms with Crippen molar-refractivity contribution in [3.8, 4) is 11.1 Å². The molecular weight excluding hydrogens is 273 g/mol. The summed E-state index contributed by atoms with van der Waals surface area (Å²) in [5.41, 5.74) is 6.23. The van der Waals surface area contributed by atoms with Crippen LogP contribution in [0.5, 0.6) is 0 Å². The summed E-state index contributed by atoms with van der Waals surface area (Å²) in [6.07, 6.45) is 1.54. The van der Waals surface area contributed by atoms with Gasteiger partial charge in [-0.1, -0.05) is 29.8 Å². The Morgan fingerprint density at radius 2 is 1.77 bits per heavy atom. The van der Waals surface area contributed by atoms with E-state index < -0.39 is 0 Å². The standard InChI is InChI=1S/C20H22FN/c1-13(2)5-10-20(22)17-8-9-18(15(4)11-17)16-7-6-14(3)19(21)12-16/h6-9,11-12,22H,1,5,10H2,2-4H3. The smallest absolute Gasteiger partial charge is 0.126 e. The van der Waals surface area contributed by atoms with Crippen LogP contribution in [0.4, 0.5) is 4.39 Å². The number of allylic oxidation sites excluding steroid dienone is 1. The molecule has 2 aromatic carbocycles. The first-order chi connectivity index (χ1) is 10.4. The summed E-state index contributed by atoms with van der Waals surface area (Å²) in [5, 5.41) is 8.16. The van der Waals surface area contributed by atoms with Crippen LogP contribution in [0.25, 0.3) is 11.1 Å². The molecule has 0 bridgehead atoms. The lowest BCUT2D eigenvalue weighted by atomic mass is 9.95. The third-order valence-corrected chi connectivity index (χ3v) is 3.86. The molecule has 0 atom stereocenters. The fourth-order valence-electron chi connectivity index (χ4n) is 2.42. The molecule has 0 aliphatic rings. The van der Waals surface area contributed by atoms with E-state index in [1.165, 1.54) is 0 Å². The molecule has 0 amide bonds. The fraction of sp³-hybridized carbons (Fsp3) is 0.250. The number of hydrogen-bond acceptors (Lipinski definition) is 1. The van der Waals surface area contributed by atoms with Gasteiger partial charge >= 0.3 is 0 Å². The number of benzene rings is 2. The molecule has 0 radical (unpaired) electrons. The molecule has 0 saturated heterocycles. The molecule has 0 aliphatic heterocycles. The Bertz CT molecular complexity index is 728. The van der Waals surface area contributed by atoms with E-state index in [9.17, 15) is 4.39 Å². The van der Waals surface area contributed by atoms with Crippen LogP contribution in [0.3, 0.4) is 0 Å². The summed E-state index contributed by atoms with van der Waals surface area (Å²) in [6, 6.07) is 11.2. The highest BCUT2D eigenvalue weighted by Crippen LogP contribution is 2.26. The van der Waals surface area contributed by atoms with Gasteiger partial charge in [-0.3, -0.25) is 0 Å². The Kier molecular flexibility index (Phi) is 4.92. The summed E-state index contributed by atoms with van der Waals surface area (Å²) in [6.45, 7) is 9.62. The normalized spacial score (nSPS) is 10.5. The van der Waals surface area contributed by atoms with Gasteiger partial charge in [0.15, 0.2) is 0 Å². The van der Waals surface area contributed by atoms with Crippen molar-refractivity contribution in [3.05, 3.63) is 71.1 Å². The second-order valence-corrected chi connectivity index (χ2v) is 5.93. The Labute approximate surface area is 132 Å². The monoisotopic (exact) mass is 295 g/mol. The minimum Gasteiger partial charge on any atom is -0.305 e. The first-order valence-electron chi connectivity index (χ1n) is 7.48. The molecular formula is C20H22FN. The van der Waals surface area contributed by atoms with Crippen LogP contribution >= 0.6 is 0 Å². The van der Waals surface area contributed by atoms with Gasteiger partial charge in [-0.05, 0) is 73.6 Å². The van der Waals surface area contributed by atoms with Gasteiger partial charge in [0.1, 0.15) is 5.82 Å². The lowest BCUT2D eigenvalue weighted by Gasteiger charge is -2.11. The van der Waals surface area contributed by atoms with E-state index in [2.05, 4.69) is 6.58 Å². The quantitative estimate of drug-likeness (QED) is 0.530. The molecule has 2 aromatic rings. The summed E-state index contributed by atoms with van der Waals surface area (Å²) < 4.78 is 13.7. The third-order valence-electron chi connectivity index (χ3n) is 3.86. The first-order valence-corrected chi connectivity index (χ1v) is 7.48. The maximum Gasteiger partial charge on any atom is 0.126 e. The highest BCUT2D eigenvalue weighted by atomic mass is 19.1. The molecule has 0 spiro atoms. The molecule has 2 rings (SSSR count). The number of rotatable bonds is 5. The molecule has 114 valence electrons. The van der Waals surface area contributed by atoms with Crippen LogP contribution in [0.15, 0.2) is 48.6 Å². The lowest BCUT2D eigenvalue weighted by molar-refractivity contribution is 0.619. The highest BCUT2D eigenvalue weighted by Gasteiger charge is 2.08. The van der Waals surface area contributed by atoms with Crippen LogP contribution in [-0.4, -0.2) is 5.71 Å². The molecule has 0 aromatic heterocycles. The van der Waals surface area contributed by atoms with Gasteiger partial charge in [0, 0.05) is 5.71 Å². The predicted molar refractivity (Wildman–Crippen MR) is 92.2 cm³/mol. The SMILES string of the molecule is C=C(C)CCC(=N)c1ccc(-c2ccc(C)c(F)c2)c(C)c1. The highest BCUT2D eigenvalue weighted by molar-refractivity contribution is 5.99. The van der Waals surface area contributed by atoms with Crippen LogP contribution in [-0.2, 0) is 0 Å². The summed E-state index contributed by atoms with van der Waals surface area (Å²) in [7, 11) is 0. The zero-order chi connectivity index (χ0) is 16.3. The Hall–Kier alpha value is -2.22. The van der Waals surface area contributed by atoms with Gasteiger partial charge in [0.2, 0.25) is 0 Å². The van der Waals surface area contributed by atoms with Gasteiger partial charge in [-0.2, -0.15) is 0 Å². The average molecular weight is 295 g/mol. The predicted octanol–water partition coefficient (Wildman–Crippen LogP) is 5.83. The number of hydrogen-bond donors (Lipinski definition) is 1. The third kappa shape index (κ3) is 3.70. The van der Waals surface area contributed by atoms with Crippen molar-refractivity contribution < 1.29 is 4.39 Å². The molecule has 0 aliphatic carbocycles. The van der Waals surface area contributed by atoms with E-state index >= 15 is 0 Å². The van der Waals surface area contributed by atoms with Crippen LogP contribution in [0.2, 0.25) is 0 Å². The van der Waals surface area contributed by atoms with E-state index in [0.717, 1.165) is 34.2 Å². The zero-order valence-corrected chi connectivity index (χ0v) is 13.5. The topological polar surface area (TPSA) is 23.9 Å². The minimum absolute atomic E-state index is 0.185. The minimum atomic E-state index is -0.185. The van der Waals surface area contributed by atoms with Gasteiger partial charge in [0.25, 0.3) is 0 Å². The van der Waals surface area contributed by atoms with E-state index in [4.69, 9.17) is 5.41 Å². The molecule has 0 fully saturated rings. The van der Waals surface area contributed by atoms with Crippen molar-refractivity contribution in [2.45, 2.75) is 33.6 Å². The fourth-order valence-corrected chi connectivity index (χ4v) is 2.42. The van der Waals surface area contributed by atoms with Crippen molar-refractivity contribution in [2.75, 3.05) is 0 Å². The molecule has 0 unspecified atom stereocenters. The second kappa shape index (κ2) is 6.69. The Morgan fingerprint density at radius 3 is 2.36 bits per heavy atom. The van der Waals surface area contributed by atoms with E-state index in [-0.39, 0.29) is 5.82 Å². The average Bonchev–Trinajstić information content (AvgIpc) is 2.47. The Morgan fingerprint density at radius 1 is 1.05 bits per heavy atom. The van der Waals surface area contributed by atoms with Crippen molar-refractivity contribution >= 4 is 5.71 Å². The zero-order valence-electron chi connectivity index (χ0n) is 13.5. The maximum atomic E-state index is 13.7. The molecule has 0 heterocycles. The Balaban J connectivity index is 2.27. The van der Waals surface area contributed by atoms with Crippen LogP contribution in [0, 0.1) is 25.1 Å². The summed E-state index contributed by atoms with van der Waals surface area (Å²) in [5.74, 6) is -0.185. The molecule has 1 nitrogen and oxygen atoms in total. The van der Waals surface area contributed by atoms with Gasteiger partial charge in [-0.25, -0.2) is 4.39 Å². The number of aryl methyl sites for hydroxylation is 2. The van der Waals surface area contributed by atoms with E-state index in [1.807, 2.05) is 38.1 Å². The molecule has 1 N–H and O–H groups in total. The molecule has 2 heteroatoms. The van der Waals surface area contributed by atoms with Gasteiger partial charge in [-0.15, -0.1) is 6.58 Å². The van der Waals surface area contributed by atoms with Crippen molar-refractivity contribution in [1.29, 1.82) is 5.41 Å². The van der Waals surface area contributed by atoms with E-state index in [1.54, 1.807) is 19.1 Å². The summed E-state index contributed by atoms with van der Waals surface area (Å²) in [4.78, 5) is 0. The van der Waals surface area contributed by atoms with Gasteiger partial charge in [0.05, 0.1) is 0 Å². The van der Waals surface area contributed by atoms with Crippen molar-refractivity contribution in [3.63, 3.8) is 0 Å². The number of halogens is 1. The van der Waals surface area contributed by atoms with E-state index in [0.29, 0.717) is 17.7 Å². The number of nitrogens with one attached hydrogen (secondary N) is 1. The maximum absolute atomic E-state index is 13.7. The second-order valence-electron chi connectivity index (χ2n) is 5.93. The largest absolute Gasteiger partial charge is 0.305 e. The molecule has 0 saturated carbocycles. The van der Waals surface area contributed by atoms with Crippen LogP contribution in [0.1, 0.15) is 36.5 Å². The first kappa shape index (κ1) is 16.2. The van der Waals surface area contributed by atoms with Crippen LogP contribution < -0.4 is 0 Å². The molecule has 22 heavy (non-hydrogen) atoms. The van der Waals surface area contributed by atoms with Gasteiger partial charge < -0.3 is 5.41 Å². The van der Waals surface area contributed by atoms with Crippen molar-refractivity contribution in [2.24, 2.45) is 0 Å². The lowest BCUT2D eigenvalue weighted by Crippen LogP contribution is -2.00. The van der Waals surface area contributed by atoms with Crippen molar-refractivity contribution in [1.82, 2.24) is 0 Å². The summed E-state index contributed by atoms with van der Waals surface area (Å²) >= 11 is 0.